The molecule has 0 unspecified atom stereocenters. The average Bonchev–Trinajstić information content (AvgIpc) is 3.68. The summed E-state index contributed by atoms with van der Waals surface area (Å²) in [5.74, 6) is 0. The van der Waals surface area contributed by atoms with E-state index in [-0.39, 0.29) is 0 Å². The summed E-state index contributed by atoms with van der Waals surface area (Å²) in [4.78, 5) is 2.52. The highest BCUT2D eigenvalue weighted by molar-refractivity contribution is 6.22. The zero-order valence-electron chi connectivity index (χ0n) is 35.3. The molecule has 11 aromatic rings. The van der Waals surface area contributed by atoms with E-state index in [0.717, 1.165) is 17.1 Å². The maximum absolute atomic E-state index is 2.52. The van der Waals surface area contributed by atoms with E-state index in [0.29, 0.717) is 0 Å². The maximum atomic E-state index is 2.52. The lowest BCUT2D eigenvalue weighted by Gasteiger charge is -2.34. The van der Waals surface area contributed by atoms with Crippen molar-refractivity contribution in [1.29, 1.82) is 0 Å². The van der Waals surface area contributed by atoms with E-state index >= 15 is 0 Å². The Morgan fingerprint density at radius 2 is 0.719 bits per heavy atom. The maximum Gasteiger partial charge on any atom is 0.0713 e. The van der Waals surface area contributed by atoms with Crippen molar-refractivity contribution in [3.8, 4) is 44.5 Å². The third-order valence-electron chi connectivity index (χ3n) is 13.3. The van der Waals surface area contributed by atoms with Crippen LogP contribution in [0.3, 0.4) is 0 Å². The van der Waals surface area contributed by atoms with Crippen molar-refractivity contribution < 1.29 is 0 Å². The Balaban J connectivity index is 1.13. The summed E-state index contributed by atoms with van der Waals surface area (Å²) < 4.78 is 0. The molecule has 1 nitrogen and oxygen atoms in total. The van der Waals surface area contributed by atoms with Gasteiger partial charge >= 0.3 is 0 Å². The van der Waals surface area contributed by atoms with E-state index in [1.54, 1.807) is 0 Å². The largest absolute Gasteiger partial charge is 0.309 e. The van der Waals surface area contributed by atoms with Crippen LogP contribution in [0.25, 0.3) is 66.1 Å². The van der Waals surface area contributed by atoms with Crippen LogP contribution < -0.4 is 4.90 Å². The number of fused-ring (bicyclic) bond motifs is 6. The van der Waals surface area contributed by atoms with Crippen LogP contribution in [-0.4, -0.2) is 0 Å². The van der Waals surface area contributed by atoms with Gasteiger partial charge in [0.25, 0.3) is 0 Å². The molecule has 0 aromatic heterocycles. The molecule has 1 aliphatic rings. The molecule has 300 valence electrons. The van der Waals surface area contributed by atoms with Crippen LogP contribution in [-0.2, 0) is 5.41 Å². The summed E-state index contributed by atoms with van der Waals surface area (Å²) in [6.07, 6.45) is 0. The number of rotatable bonds is 8. The van der Waals surface area contributed by atoms with Gasteiger partial charge in [-0.15, -0.1) is 0 Å². The van der Waals surface area contributed by atoms with E-state index in [2.05, 4.69) is 266 Å². The van der Waals surface area contributed by atoms with Crippen LogP contribution in [0.2, 0.25) is 0 Å². The Hall–Kier alpha value is -8.26. The molecule has 0 radical (unpaired) electrons. The molecule has 0 amide bonds. The van der Waals surface area contributed by atoms with Crippen molar-refractivity contribution in [2.45, 2.75) is 5.41 Å². The number of benzene rings is 11. The molecule has 0 fully saturated rings. The van der Waals surface area contributed by atoms with Crippen molar-refractivity contribution in [2.75, 3.05) is 4.90 Å². The fourth-order valence-corrected chi connectivity index (χ4v) is 10.5. The minimum atomic E-state index is -0.488. The van der Waals surface area contributed by atoms with Gasteiger partial charge in [-0.2, -0.15) is 0 Å². The van der Waals surface area contributed by atoms with Gasteiger partial charge in [-0.05, 0) is 108 Å². The van der Waals surface area contributed by atoms with Gasteiger partial charge in [0, 0.05) is 22.3 Å². The van der Waals surface area contributed by atoms with Crippen LogP contribution in [0.5, 0.6) is 0 Å². The number of anilines is 3. The Morgan fingerprint density at radius 3 is 1.36 bits per heavy atom. The SMILES string of the molecule is c1ccc(-c2cccc(-c3ccc(N(c4ccc5c(c4)-c4ccccc4C5(c4ccccc4)c4ccccc4)c4c(-c5ccccc5)c5ccccc5c5ccccc45)cc3)c2)cc1. The lowest BCUT2D eigenvalue weighted by atomic mass is 9.68. The fourth-order valence-electron chi connectivity index (χ4n) is 10.5. The summed E-state index contributed by atoms with van der Waals surface area (Å²) in [6, 6.07) is 95.9. The Morgan fingerprint density at radius 1 is 0.266 bits per heavy atom. The Bertz CT molecular complexity index is 3430. The molecular formula is C63H43N. The van der Waals surface area contributed by atoms with Crippen molar-refractivity contribution in [2.24, 2.45) is 0 Å². The third-order valence-corrected chi connectivity index (χ3v) is 13.3. The number of hydrogen-bond donors (Lipinski definition) is 0. The first-order chi connectivity index (χ1) is 31.8. The Labute approximate surface area is 374 Å². The lowest BCUT2D eigenvalue weighted by Crippen LogP contribution is -2.28. The summed E-state index contributed by atoms with van der Waals surface area (Å²) >= 11 is 0. The summed E-state index contributed by atoms with van der Waals surface area (Å²) in [5.41, 5.74) is 17.6. The van der Waals surface area contributed by atoms with Crippen molar-refractivity contribution in [3.05, 3.63) is 283 Å². The molecule has 1 aliphatic carbocycles. The molecule has 11 aromatic carbocycles. The highest BCUT2D eigenvalue weighted by Gasteiger charge is 2.46. The van der Waals surface area contributed by atoms with Crippen molar-refractivity contribution in [1.82, 2.24) is 0 Å². The number of hydrogen-bond acceptors (Lipinski definition) is 1. The molecule has 12 rings (SSSR count). The minimum absolute atomic E-state index is 0.488. The molecule has 0 aliphatic heterocycles. The molecule has 0 heterocycles. The molecule has 1 heteroatoms. The van der Waals surface area contributed by atoms with Crippen molar-refractivity contribution >= 4 is 38.6 Å². The van der Waals surface area contributed by atoms with Crippen LogP contribution in [0.15, 0.2) is 261 Å². The van der Waals surface area contributed by atoms with Gasteiger partial charge in [-0.1, -0.05) is 231 Å². The van der Waals surface area contributed by atoms with Crippen LogP contribution >= 0.6 is 0 Å². The smallest absolute Gasteiger partial charge is 0.0713 e. The second-order valence-corrected chi connectivity index (χ2v) is 16.8. The first-order valence-corrected chi connectivity index (χ1v) is 22.2. The van der Waals surface area contributed by atoms with E-state index in [1.807, 2.05) is 0 Å². The average molecular weight is 814 g/mol. The molecule has 64 heavy (non-hydrogen) atoms. The third kappa shape index (κ3) is 6.01. The molecule has 0 bridgehead atoms. The molecule has 0 saturated heterocycles. The van der Waals surface area contributed by atoms with Gasteiger partial charge in [0.1, 0.15) is 0 Å². The van der Waals surface area contributed by atoms with E-state index in [4.69, 9.17) is 0 Å². The molecule has 0 saturated carbocycles. The first kappa shape index (κ1) is 37.5. The standard InChI is InChI=1S/C63H43N/c1-5-20-44(21-6-1)47-24-19-25-48(42-47)45-36-38-51(39-37-45)64(62-57-34-16-14-31-54(57)53-30-13-15-33-56(53)61(62)46-22-7-2-8-23-46)52-40-41-60-58(43-52)55-32-17-18-35-59(55)63(60,49-26-9-3-10-27-49)50-28-11-4-12-29-50/h1-43H. The van der Waals surface area contributed by atoms with E-state index in [9.17, 15) is 0 Å². The van der Waals surface area contributed by atoms with Gasteiger partial charge < -0.3 is 4.90 Å². The number of nitrogens with zero attached hydrogens (tertiary/aromatic N) is 1. The fraction of sp³-hybridized carbons (Fsp3) is 0.0159. The summed E-state index contributed by atoms with van der Waals surface area (Å²) in [5, 5.41) is 4.89. The second-order valence-electron chi connectivity index (χ2n) is 16.8. The van der Waals surface area contributed by atoms with Crippen LogP contribution in [0.1, 0.15) is 22.3 Å². The van der Waals surface area contributed by atoms with Gasteiger partial charge in [0.15, 0.2) is 0 Å². The summed E-state index contributed by atoms with van der Waals surface area (Å²) in [6.45, 7) is 0. The van der Waals surface area contributed by atoms with Gasteiger partial charge in [-0.25, -0.2) is 0 Å². The van der Waals surface area contributed by atoms with Gasteiger partial charge in [0.2, 0.25) is 0 Å². The minimum Gasteiger partial charge on any atom is -0.309 e. The monoisotopic (exact) mass is 813 g/mol. The predicted octanol–water partition coefficient (Wildman–Crippen LogP) is 16.8. The lowest BCUT2D eigenvalue weighted by molar-refractivity contribution is 0.768. The molecule has 0 N–H and O–H groups in total. The highest BCUT2D eigenvalue weighted by atomic mass is 15.1. The molecule has 0 atom stereocenters. The Kier molecular flexibility index (Phi) is 9.13. The van der Waals surface area contributed by atoms with E-state index < -0.39 is 5.41 Å². The van der Waals surface area contributed by atoms with Crippen LogP contribution in [0, 0.1) is 0 Å². The van der Waals surface area contributed by atoms with Crippen LogP contribution in [0.4, 0.5) is 17.1 Å². The van der Waals surface area contributed by atoms with Gasteiger partial charge in [-0.3, -0.25) is 0 Å². The predicted molar refractivity (Wildman–Crippen MR) is 270 cm³/mol. The van der Waals surface area contributed by atoms with Gasteiger partial charge in [0.05, 0.1) is 11.1 Å². The zero-order chi connectivity index (χ0) is 42.5. The van der Waals surface area contributed by atoms with E-state index in [1.165, 1.54) is 88.3 Å². The second kappa shape index (κ2) is 15.6. The topological polar surface area (TPSA) is 3.24 Å². The quantitative estimate of drug-likeness (QED) is 0.138. The normalized spacial score (nSPS) is 12.5. The zero-order valence-corrected chi connectivity index (χ0v) is 35.3. The van der Waals surface area contributed by atoms with Crippen molar-refractivity contribution in [3.63, 3.8) is 0 Å². The summed E-state index contributed by atoms with van der Waals surface area (Å²) in [7, 11) is 0. The molecular weight excluding hydrogens is 771 g/mol. The highest BCUT2D eigenvalue weighted by Crippen LogP contribution is 2.58. The molecule has 0 spiro atoms. The first-order valence-electron chi connectivity index (χ1n) is 22.2.